The first-order valence-corrected chi connectivity index (χ1v) is 26.5. The van der Waals surface area contributed by atoms with Gasteiger partial charge < -0.3 is 39.5 Å². The molecule has 1 unspecified atom stereocenters. The zero-order chi connectivity index (χ0) is 47.5. The van der Waals surface area contributed by atoms with Gasteiger partial charge in [-0.2, -0.15) is 0 Å². The van der Waals surface area contributed by atoms with E-state index in [4.69, 9.17) is 23.8 Å². The van der Waals surface area contributed by atoms with Gasteiger partial charge in [0.2, 0.25) is 0 Å². The third kappa shape index (κ3) is 33.2. The quantitative estimate of drug-likeness (QED) is 0.0145. The average Bonchev–Trinajstić information content (AvgIpc) is 3.51. The highest BCUT2D eigenvalue weighted by atomic mass is 31.2. The molecule has 0 aliphatic heterocycles. The molecule has 1 fully saturated rings. The summed E-state index contributed by atoms with van der Waals surface area (Å²) < 4.78 is 47.8. The molecule has 0 aromatic rings. The lowest BCUT2D eigenvalue weighted by atomic mass is 9.88. The van der Waals surface area contributed by atoms with E-state index in [1.165, 1.54) is 19.3 Å². The van der Waals surface area contributed by atoms with E-state index in [1.807, 2.05) is 0 Å². The number of carbonyl (C=O) groups is 3. The number of hydrogen-bond acceptors (Lipinski definition) is 13. The molecule has 64 heavy (non-hydrogen) atoms. The number of aliphatic hydroxyl groups is 3. The zero-order valence-corrected chi connectivity index (χ0v) is 40.1. The summed E-state index contributed by atoms with van der Waals surface area (Å²) in [5.74, 6) is -1.95. The van der Waals surface area contributed by atoms with Crippen molar-refractivity contribution in [2.45, 2.75) is 186 Å². The van der Waals surface area contributed by atoms with E-state index in [0.29, 0.717) is 44.9 Å². The first kappa shape index (κ1) is 59.7. The summed E-state index contributed by atoms with van der Waals surface area (Å²) in [7, 11) is -9.78. The van der Waals surface area contributed by atoms with Gasteiger partial charge in [0.05, 0.1) is 32.0 Å². The van der Waals surface area contributed by atoms with Gasteiger partial charge in [-0.1, -0.05) is 127 Å². The van der Waals surface area contributed by atoms with Crippen LogP contribution in [0.5, 0.6) is 0 Å². The molecule has 1 aliphatic carbocycles. The Bertz CT molecular complexity index is 1480. The van der Waals surface area contributed by atoms with Crippen LogP contribution < -0.4 is 0 Å². The number of esters is 2. The van der Waals surface area contributed by atoms with Crippen LogP contribution >= 0.6 is 15.6 Å². The Morgan fingerprint density at radius 2 is 1.23 bits per heavy atom. The fourth-order valence-electron chi connectivity index (χ4n) is 6.96. The Morgan fingerprint density at radius 1 is 0.688 bits per heavy atom. The van der Waals surface area contributed by atoms with E-state index < -0.39 is 84.3 Å². The van der Waals surface area contributed by atoms with Gasteiger partial charge in [0.1, 0.15) is 18.5 Å². The Balaban J connectivity index is 2.54. The smallest absolute Gasteiger partial charge is 0.462 e. The number of rotatable bonds is 40. The lowest BCUT2D eigenvalue weighted by molar-refractivity contribution is -0.161. The number of carbonyl (C=O) groups excluding carboxylic acids is 3. The van der Waals surface area contributed by atoms with Crippen LogP contribution in [0, 0.1) is 11.8 Å². The Morgan fingerprint density at radius 3 is 1.88 bits per heavy atom. The van der Waals surface area contributed by atoms with E-state index in [2.05, 4.69) is 59.4 Å². The average molecular weight is 951 g/mol. The molecule has 16 nitrogen and oxygen atoms in total. The second kappa shape index (κ2) is 36.7. The van der Waals surface area contributed by atoms with Gasteiger partial charge >= 0.3 is 27.6 Å². The summed E-state index contributed by atoms with van der Waals surface area (Å²) in [6.07, 6.45) is 30.0. The molecule has 0 saturated heterocycles. The maximum atomic E-state index is 12.8. The minimum absolute atomic E-state index is 0.0158. The first-order chi connectivity index (χ1) is 30.6. The van der Waals surface area contributed by atoms with Crippen LogP contribution in [0.25, 0.3) is 0 Å². The number of ketones is 1. The largest absolute Gasteiger partial charge is 0.472 e. The van der Waals surface area contributed by atoms with Crippen LogP contribution in [-0.4, -0.2) is 98.6 Å². The number of aliphatic hydroxyl groups excluding tert-OH is 3. The molecule has 0 spiro atoms. The molecule has 6 N–H and O–H groups in total. The summed E-state index contributed by atoms with van der Waals surface area (Å²) in [5.41, 5.74) is 0. The van der Waals surface area contributed by atoms with Crippen molar-refractivity contribution in [1.82, 2.24) is 0 Å². The monoisotopic (exact) mass is 950 g/mol. The van der Waals surface area contributed by atoms with Crippen LogP contribution in [0.2, 0.25) is 0 Å². The van der Waals surface area contributed by atoms with Crippen LogP contribution in [0.3, 0.4) is 0 Å². The number of ether oxygens (including phenoxy) is 2. The van der Waals surface area contributed by atoms with Crippen LogP contribution in [0.4, 0.5) is 0 Å². The van der Waals surface area contributed by atoms with Gasteiger partial charge in [0.15, 0.2) is 6.10 Å². The van der Waals surface area contributed by atoms with Crippen molar-refractivity contribution in [2.24, 2.45) is 11.8 Å². The van der Waals surface area contributed by atoms with E-state index >= 15 is 0 Å². The van der Waals surface area contributed by atoms with Crippen molar-refractivity contribution < 1.29 is 76.6 Å². The molecule has 0 heterocycles. The minimum atomic E-state index is -4.90. The normalized spacial score (nSPS) is 19.6. The van der Waals surface area contributed by atoms with Gasteiger partial charge in [0, 0.05) is 25.2 Å². The van der Waals surface area contributed by atoms with Crippen molar-refractivity contribution in [2.75, 3.05) is 26.4 Å². The molecule has 18 heteroatoms. The van der Waals surface area contributed by atoms with Crippen molar-refractivity contribution >= 4 is 33.4 Å². The molecule has 1 saturated carbocycles. The fraction of sp³-hybridized carbons (Fsp3) is 0.761. The maximum Gasteiger partial charge on any atom is 0.472 e. The summed E-state index contributed by atoms with van der Waals surface area (Å²) in [4.78, 5) is 65.6. The third-order valence-electron chi connectivity index (χ3n) is 10.6. The van der Waals surface area contributed by atoms with E-state index in [-0.39, 0.29) is 31.0 Å². The lowest BCUT2D eigenvalue weighted by Gasteiger charge is -2.20. The number of unbranched alkanes of at least 4 members (excludes halogenated alkanes) is 12. The molecule has 1 aliphatic rings. The second-order valence-corrected chi connectivity index (χ2v) is 19.2. The predicted molar refractivity (Wildman–Crippen MR) is 245 cm³/mol. The second-order valence-electron chi connectivity index (χ2n) is 16.5. The highest BCUT2D eigenvalue weighted by Crippen LogP contribution is 2.44. The molecule has 370 valence electrons. The van der Waals surface area contributed by atoms with Crippen LogP contribution in [0.1, 0.15) is 162 Å². The topological polar surface area (TPSA) is 253 Å². The number of phosphoric ester groups is 2. The molecule has 1 rings (SSSR count). The molecule has 0 aromatic heterocycles. The maximum absolute atomic E-state index is 12.8. The van der Waals surface area contributed by atoms with Crippen LogP contribution in [0.15, 0.2) is 48.6 Å². The Kier molecular flexibility index (Phi) is 34.3. The van der Waals surface area contributed by atoms with Gasteiger partial charge in [-0.05, 0) is 70.1 Å². The summed E-state index contributed by atoms with van der Waals surface area (Å²) in [6, 6.07) is 0. The summed E-state index contributed by atoms with van der Waals surface area (Å²) in [6.45, 7) is 1.34. The standard InChI is InChI=1S/C46H80O16P2/c1-3-5-7-8-9-10-11-12-13-14-15-16-17-18-19-20-25-29-45(51)58-36-40(37-61-64(56,57)60-35-39(48)34-59-63(53,54)55)62-46(52)30-26-22-21-24-28-41-42(44(50)33-43(41)49)32-31-38(47)27-23-6-4-2/h9-10,12-13,15-16,31-32,38-43,47-49H,3-8,11,14,17-30,33-37H2,1-2H3,(H,56,57)(H2,53,54,55)/b10-9-,13-12-,16-15-,32-31+/t38-,39-,40+,41+,42+,43-/m0/s1. The van der Waals surface area contributed by atoms with Crippen molar-refractivity contribution in [1.29, 1.82) is 0 Å². The van der Waals surface area contributed by atoms with Crippen molar-refractivity contribution in [3.63, 3.8) is 0 Å². The van der Waals surface area contributed by atoms with Gasteiger partial charge in [-0.3, -0.25) is 28.0 Å². The highest BCUT2D eigenvalue weighted by molar-refractivity contribution is 7.47. The molecular weight excluding hydrogens is 870 g/mol. The molecule has 0 radical (unpaired) electrons. The number of Topliss-reactive ketones (excluding diaryl/α,β-unsaturated/α-hetero) is 1. The Hall–Kier alpha value is -2.33. The first-order valence-electron chi connectivity index (χ1n) is 23.4. The number of allylic oxidation sites excluding steroid dienone is 7. The molecule has 0 amide bonds. The van der Waals surface area contributed by atoms with Crippen molar-refractivity contribution in [3.05, 3.63) is 48.6 Å². The Labute approximate surface area is 381 Å². The number of phosphoric acid groups is 2. The van der Waals surface area contributed by atoms with E-state index in [0.717, 1.165) is 64.2 Å². The predicted octanol–water partition coefficient (Wildman–Crippen LogP) is 8.82. The lowest BCUT2D eigenvalue weighted by Crippen LogP contribution is -2.30. The van der Waals surface area contributed by atoms with E-state index in [9.17, 15) is 43.7 Å². The van der Waals surface area contributed by atoms with Crippen LogP contribution in [-0.2, 0) is 46.6 Å². The zero-order valence-electron chi connectivity index (χ0n) is 38.3. The third-order valence-corrected chi connectivity index (χ3v) is 12.0. The van der Waals surface area contributed by atoms with Gasteiger partial charge in [-0.25, -0.2) is 9.13 Å². The molecule has 7 atom stereocenters. The fourth-order valence-corrected chi connectivity index (χ4v) is 8.12. The molecule has 0 bridgehead atoms. The van der Waals surface area contributed by atoms with Gasteiger partial charge in [0.25, 0.3) is 0 Å². The molecule has 0 aromatic carbocycles. The van der Waals surface area contributed by atoms with Crippen molar-refractivity contribution in [3.8, 4) is 0 Å². The highest BCUT2D eigenvalue weighted by Gasteiger charge is 2.39. The summed E-state index contributed by atoms with van der Waals surface area (Å²) >= 11 is 0. The summed E-state index contributed by atoms with van der Waals surface area (Å²) in [5, 5.41) is 30.6. The minimum Gasteiger partial charge on any atom is -0.462 e. The van der Waals surface area contributed by atoms with E-state index in [1.54, 1.807) is 12.2 Å². The number of hydrogen-bond donors (Lipinski definition) is 6. The SMILES string of the molecule is CCCCC/C=C\C/C=C\C/C=C\CCCCCCC(=O)OC[C@H](COP(=O)(O)OC[C@@H](O)COP(=O)(O)O)OC(=O)CCCCCC[C@H]1[C@@H](O)CC(=O)[C@@H]1/C=C/[C@@H](O)CCCCC. The van der Waals surface area contributed by atoms with Gasteiger partial charge in [-0.15, -0.1) is 0 Å². The molecular formula is C46H80O16P2.